The summed E-state index contributed by atoms with van der Waals surface area (Å²) in [5.74, 6) is 0.377. The normalized spacial score (nSPS) is 27.5. The van der Waals surface area contributed by atoms with Crippen molar-refractivity contribution in [3.63, 3.8) is 0 Å². The third-order valence-electron chi connectivity index (χ3n) is 6.97. The molecule has 7 heteroatoms. The van der Waals surface area contributed by atoms with E-state index in [1.807, 2.05) is 36.1 Å². The monoisotopic (exact) mass is 423 g/mol. The SMILES string of the molecule is COc1ccccc1-n1ccc(C)c(C(=O)N2CCOC3(C[C@H]4CC[C@@H](C3)N4)C2)c1=O. The van der Waals surface area contributed by atoms with Gasteiger partial charge in [0.2, 0.25) is 0 Å². The maximum atomic E-state index is 13.6. The van der Waals surface area contributed by atoms with Crippen molar-refractivity contribution in [2.24, 2.45) is 0 Å². The molecule has 164 valence electrons. The van der Waals surface area contributed by atoms with Gasteiger partial charge in [-0.05, 0) is 56.4 Å². The standard InChI is InChI=1S/C24H29N3O4/c1-16-9-10-27(19-5-3-4-6-20(19)30-2)23(29)21(16)22(28)26-11-12-31-24(15-26)13-17-7-8-18(14-24)25-17/h3-6,9-10,17-18,25H,7-8,11-15H2,1-2H3/t17-,18+,24?. The van der Waals surface area contributed by atoms with Gasteiger partial charge in [0.25, 0.3) is 11.5 Å². The van der Waals surface area contributed by atoms with Crippen LogP contribution in [0.3, 0.4) is 0 Å². The summed E-state index contributed by atoms with van der Waals surface area (Å²) in [5.41, 5.74) is 0.919. The molecule has 1 unspecified atom stereocenters. The summed E-state index contributed by atoms with van der Waals surface area (Å²) in [5, 5.41) is 3.64. The van der Waals surface area contributed by atoms with E-state index < -0.39 is 0 Å². The lowest BCUT2D eigenvalue weighted by atomic mass is 9.85. The molecule has 2 bridgehead atoms. The van der Waals surface area contributed by atoms with Crippen LogP contribution in [0.25, 0.3) is 5.69 Å². The van der Waals surface area contributed by atoms with Crippen molar-refractivity contribution < 1.29 is 14.3 Å². The van der Waals surface area contributed by atoms with Crippen molar-refractivity contribution in [3.05, 3.63) is 58.0 Å². The molecule has 1 spiro atoms. The molecule has 1 aromatic carbocycles. The van der Waals surface area contributed by atoms with Crippen molar-refractivity contribution in [2.45, 2.75) is 50.3 Å². The van der Waals surface area contributed by atoms with Crippen molar-refractivity contribution >= 4 is 5.91 Å². The first kappa shape index (κ1) is 20.3. The zero-order valence-corrected chi connectivity index (χ0v) is 18.1. The van der Waals surface area contributed by atoms with E-state index >= 15 is 0 Å². The predicted molar refractivity (Wildman–Crippen MR) is 117 cm³/mol. The summed E-state index contributed by atoms with van der Waals surface area (Å²) in [7, 11) is 1.57. The molecule has 3 aliphatic heterocycles. The van der Waals surface area contributed by atoms with E-state index in [2.05, 4.69) is 5.32 Å². The minimum atomic E-state index is -0.319. The zero-order valence-electron chi connectivity index (χ0n) is 18.1. The Morgan fingerprint density at radius 2 is 1.94 bits per heavy atom. The van der Waals surface area contributed by atoms with Crippen LogP contribution in [-0.4, -0.2) is 59.9 Å². The fourth-order valence-electron chi connectivity index (χ4n) is 5.53. The number of methoxy groups -OCH3 is 1. The van der Waals surface area contributed by atoms with E-state index in [0.717, 1.165) is 12.8 Å². The van der Waals surface area contributed by atoms with Crippen LogP contribution in [-0.2, 0) is 4.74 Å². The molecule has 1 amide bonds. The van der Waals surface area contributed by atoms with E-state index in [4.69, 9.17) is 9.47 Å². The number of rotatable bonds is 3. The molecule has 7 nitrogen and oxygen atoms in total. The minimum absolute atomic E-state index is 0.208. The maximum Gasteiger partial charge on any atom is 0.268 e. The summed E-state index contributed by atoms with van der Waals surface area (Å²) in [6.45, 7) is 3.38. The number of carbonyl (C=O) groups is 1. The Morgan fingerprint density at radius 1 is 1.19 bits per heavy atom. The summed E-state index contributed by atoms with van der Waals surface area (Å²) in [4.78, 5) is 28.9. The minimum Gasteiger partial charge on any atom is -0.495 e. The van der Waals surface area contributed by atoms with Gasteiger partial charge in [0.15, 0.2) is 0 Å². The smallest absolute Gasteiger partial charge is 0.268 e. The van der Waals surface area contributed by atoms with Crippen molar-refractivity contribution in [2.75, 3.05) is 26.8 Å². The summed E-state index contributed by atoms with van der Waals surface area (Å²) >= 11 is 0. The number of nitrogens with one attached hydrogen (secondary N) is 1. The number of hydrogen-bond acceptors (Lipinski definition) is 5. The molecule has 4 heterocycles. The van der Waals surface area contributed by atoms with E-state index in [-0.39, 0.29) is 22.6 Å². The lowest BCUT2D eigenvalue weighted by Gasteiger charge is -2.47. The van der Waals surface area contributed by atoms with Gasteiger partial charge in [-0.3, -0.25) is 14.2 Å². The van der Waals surface area contributed by atoms with E-state index in [1.165, 1.54) is 17.4 Å². The van der Waals surface area contributed by atoms with Crippen LogP contribution < -0.4 is 15.6 Å². The molecular weight excluding hydrogens is 394 g/mol. The molecule has 0 radical (unpaired) electrons. The quantitative estimate of drug-likeness (QED) is 0.820. The maximum absolute atomic E-state index is 13.6. The van der Waals surface area contributed by atoms with Gasteiger partial charge in [0.1, 0.15) is 11.3 Å². The number of ether oxygens (including phenoxy) is 2. The molecule has 0 saturated carbocycles. The molecule has 3 fully saturated rings. The summed E-state index contributed by atoms with van der Waals surface area (Å²) < 4.78 is 13.2. The topological polar surface area (TPSA) is 72.8 Å². The highest BCUT2D eigenvalue weighted by molar-refractivity contribution is 5.95. The van der Waals surface area contributed by atoms with Crippen LogP contribution in [0, 0.1) is 6.92 Å². The van der Waals surface area contributed by atoms with Crippen LogP contribution in [0.15, 0.2) is 41.3 Å². The number of hydrogen-bond donors (Lipinski definition) is 1. The molecule has 1 aromatic heterocycles. The van der Waals surface area contributed by atoms with Gasteiger partial charge in [-0.1, -0.05) is 12.1 Å². The Bertz CT molecular complexity index is 1050. The molecule has 1 N–H and O–H groups in total. The van der Waals surface area contributed by atoms with Gasteiger partial charge in [0, 0.05) is 24.8 Å². The van der Waals surface area contributed by atoms with Crippen molar-refractivity contribution in [1.82, 2.24) is 14.8 Å². The average Bonchev–Trinajstić information content (AvgIpc) is 3.12. The van der Waals surface area contributed by atoms with Gasteiger partial charge < -0.3 is 19.7 Å². The predicted octanol–water partition coefficient (Wildman–Crippen LogP) is 2.28. The third kappa shape index (κ3) is 3.55. The Hall–Kier alpha value is -2.64. The number of aryl methyl sites for hydroxylation is 1. The second-order valence-electron chi connectivity index (χ2n) is 9.03. The van der Waals surface area contributed by atoms with Crippen molar-refractivity contribution in [1.29, 1.82) is 0 Å². The second-order valence-corrected chi connectivity index (χ2v) is 9.03. The van der Waals surface area contributed by atoms with Crippen LogP contribution in [0.2, 0.25) is 0 Å². The number of fused-ring (bicyclic) bond motifs is 2. The first-order valence-corrected chi connectivity index (χ1v) is 11.0. The molecule has 2 aromatic rings. The second kappa shape index (κ2) is 7.80. The fraction of sp³-hybridized carbons (Fsp3) is 0.500. The van der Waals surface area contributed by atoms with Gasteiger partial charge >= 0.3 is 0 Å². The first-order chi connectivity index (χ1) is 15.0. The van der Waals surface area contributed by atoms with Gasteiger partial charge in [-0.25, -0.2) is 0 Å². The number of para-hydroxylation sites is 2. The average molecular weight is 424 g/mol. The summed E-state index contributed by atoms with van der Waals surface area (Å²) in [6, 6.07) is 10.1. The van der Waals surface area contributed by atoms with Crippen LogP contribution in [0.1, 0.15) is 41.6 Å². The Balaban J connectivity index is 1.47. The molecule has 3 aliphatic rings. The number of aromatic nitrogens is 1. The van der Waals surface area contributed by atoms with Crippen LogP contribution >= 0.6 is 0 Å². The molecular formula is C24H29N3O4. The molecule has 3 saturated heterocycles. The molecule has 0 aliphatic carbocycles. The van der Waals surface area contributed by atoms with E-state index in [9.17, 15) is 9.59 Å². The number of pyridine rings is 1. The largest absolute Gasteiger partial charge is 0.495 e. The lowest BCUT2D eigenvalue weighted by Crippen LogP contribution is -2.60. The number of benzene rings is 1. The Labute approximate surface area is 182 Å². The zero-order chi connectivity index (χ0) is 21.6. The fourth-order valence-corrected chi connectivity index (χ4v) is 5.53. The Kier molecular flexibility index (Phi) is 5.10. The molecule has 31 heavy (non-hydrogen) atoms. The number of nitrogens with zero attached hydrogens (tertiary/aromatic N) is 2. The van der Waals surface area contributed by atoms with Gasteiger partial charge in [-0.2, -0.15) is 0 Å². The number of carbonyl (C=O) groups excluding carboxylic acids is 1. The van der Waals surface area contributed by atoms with Gasteiger partial charge in [-0.15, -0.1) is 0 Å². The van der Waals surface area contributed by atoms with E-state index in [1.54, 1.807) is 19.4 Å². The summed E-state index contributed by atoms with van der Waals surface area (Å²) in [6.07, 6.45) is 5.90. The van der Waals surface area contributed by atoms with Gasteiger partial charge in [0.05, 0.1) is 31.5 Å². The molecule has 3 atom stereocenters. The van der Waals surface area contributed by atoms with E-state index in [0.29, 0.717) is 48.8 Å². The highest BCUT2D eigenvalue weighted by Crippen LogP contribution is 2.38. The number of morpholine rings is 1. The van der Waals surface area contributed by atoms with Crippen LogP contribution in [0.5, 0.6) is 5.75 Å². The highest BCUT2D eigenvalue weighted by atomic mass is 16.5. The highest BCUT2D eigenvalue weighted by Gasteiger charge is 2.47. The lowest BCUT2D eigenvalue weighted by molar-refractivity contribution is -0.122. The number of amides is 1. The van der Waals surface area contributed by atoms with Crippen molar-refractivity contribution in [3.8, 4) is 11.4 Å². The Morgan fingerprint density at radius 3 is 2.68 bits per heavy atom. The first-order valence-electron chi connectivity index (χ1n) is 11.0. The molecule has 5 rings (SSSR count). The third-order valence-corrected chi connectivity index (χ3v) is 6.97. The van der Waals surface area contributed by atoms with Crippen LogP contribution in [0.4, 0.5) is 0 Å². The number of piperidine rings is 1.